The van der Waals surface area contributed by atoms with Crippen LogP contribution in [0.3, 0.4) is 0 Å². The number of aromatic nitrogens is 3. The lowest BCUT2D eigenvalue weighted by atomic mass is 10.4. The van der Waals surface area contributed by atoms with Crippen LogP contribution in [0.25, 0.3) is 4.96 Å². The second kappa shape index (κ2) is 3.38. The van der Waals surface area contributed by atoms with Crippen molar-refractivity contribution in [2.75, 3.05) is 5.32 Å². The molecule has 74 valence electrons. The molecule has 14 heavy (non-hydrogen) atoms. The van der Waals surface area contributed by atoms with E-state index in [0.717, 1.165) is 5.13 Å². The number of hydrogen-bond acceptors (Lipinski definition) is 5. The summed E-state index contributed by atoms with van der Waals surface area (Å²) in [5.41, 5.74) is -0.150. The lowest BCUT2D eigenvalue weighted by Gasteiger charge is -2.02. The van der Waals surface area contributed by atoms with Crippen LogP contribution in [0.5, 0.6) is 0 Å². The van der Waals surface area contributed by atoms with Crippen LogP contribution >= 0.6 is 11.3 Å². The fourth-order valence-electron chi connectivity index (χ4n) is 1.05. The predicted molar refractivity (Wildman–Crippen MR) is 55.9 cm³/mol. The van der Waals surface area contributed by atoms with E-state index in [-0.39, 0.29) is 5.56 Å². The molecular weight excluding hydrogens is 200 g/mol. The van der Waals surface area contributed by atoms with Crippen molar-refractivity contribution < 1.29 is 0 Å². The van der Waals surface area contributed by atoms with E-state index in [1.165, 1.54) is 28.1 Å². The molecular formula is C8H10N4OS. The SMILES string of the molecule is CC(C)Nc1nn2c(=O)ccnc2s1. The van der Waals surface area contributed by atoms with Crippen molar-refractivity contribution >= 4 is 21.4 Å². The van der Waals surface area contributed by atoms with Gasteiger partial charge < -0.3 is 5.32 Å². The number of fused-ring (bicyclic) bond motifs is 1. The molecule has 0 aliphatic heterocycles. The molecule has 0 amide bonds. The van der Waals surface area contributed by atoms with Crippen LogP contribution in [0, 0.1) is 0 Å². The minimum atomic E-state index is -0.150. The Morgan fingerprint density at radius 1 is 1.57 bits per heavy atom. The molecule has 6 heteroatoms. The van der Waals surface area contributed by atoms with Gasteiger partial charge in [-0.3, -0.25) is 4.79 Å². The maximum Gasteiger partial charge on any atom is 0.275 e. The van der Waals surface area contributed by atoms with Crippen LogP contribution in [0.2, 0.25) is 0 Å². The van der Waals surface area contributed by atoms with Gasteiger partial charge in [0.25, 0.3) is 5.56 Å². The fourth-order valence-corrected chi connectivity index (χ4v) is 1.97. The first kappa shape index (κ1) is 9.14. The molecule has 1 N–H and O–H groups in total. The molecule has 0 saturated heterocycles. The molecule has 0 unspecified atom stereocenters. The van der Waals surface area contributed by atoms with Crippen molar-refractivity contribution in [1.82, 2.24) is 14.6 Å². The van der Waals surface area contributed by atoms with Gasteiger partial charge >= 0.3 is 0 Å². The molecule has 0 radical (unpaired) electrons. The van der Waals surface area contributed by atoms with E-state index in [1.807, 2.05) is 13.8 Å². The summed E-state index contributed by atoms with van der Waals surface area (Å²) >= 11 is 1.37. The Labute approximate surface area is 84.4 Å². The Kier molecular flexibility index (Phi) is 2.20. The summed E-state index contributed by atoms with van der Waals surface area (Å²) in [7, 11) is 0. The minimum absolute atomic E-state index is 0.150. The van der Waals surface area contributed by atoms with Gasteiger partial charge in [-0.15, -0.1) is 5.10 Å². The van der Waals surface area contributed by atoms with Gasteiger partial charge in [0.2, 0.25) is 10.1 Å². The van der Waals surface area contributed by atoms with Gasteiger partial charge in [-0.25, -0.2) is 4.98 Å². The molecule has 5 nitrogen and oxygen atoms in total. The van der Waals surface area contributed by atoms with Gasteiger partial charge in [0.15, 0.2) is 0 Å². The summed E-state index contributed by atoms with van der Waals surface area (Å²) in [6.07, 6.45) is 1.50. The molecule has 0 atom stereocenters. The Bertz CT molecular complexity index is 501. The Hall–Kier alpha value is -1.43. The standard InChI is InChI=1S/C8H10N4OS/c1-5(2)10-7-11-12-6(13)3-4-9-8(12)14-7/h3-5H,1-2H3,(H,10,11). The monoisotopic (exact) mass is 210 g/mol. The van der Waals surface area contributed by atoms with Gasteiger partial charge in [-0.05, 0) is 13.8 Å². The van der Waals surface area contributed by atoms with Gasteiger partial charge in [0.05, 0.1) is 0 Å². The molecule has 2 rings (SSSR count). The van der Waals surface area contributed by atoms with Crippen molar-refractivity contribution in [2.45, 2.75) is 19.9 Å². The molecule has 0 aliphatic rings. The van der Waals surface area contributed by atoms with E-state index in [1.54, 1.807) is 0 Å². The van der Waals surface area contributed by atoms with E-state index < -0.39 is 0 Å². The van der Waals surface area contributed by atoms with Crippen LogP contribution in [0.15, 0.2) is 17.1 Å². The van der Waals surface area contributed by atoms with Crippen LogP contribution in [-0.4, -0.2) is 20.6 Å². The number of hydrogen-bond donors (Lipinski definition) is 1. The molecule has 0 bridgehead atoms. The lowest BCUT2D eigenvalue weighted by molar-refractivity contribution is 0.856. The maximum atomic E-state index is 11.3. The zero-order chi connectivity index (χ0) is 10.1. The molecule has 0 saturated carbocycles. The lowest BCUT2D eigenvalue weighted by Crippen LogP contribution is -2.14. The number of rotatable bonds is 2. The average Bonchev–Trinajstić information content (AvgIpc) is 2.47. The first-order chi connectivity index (χ1) is 6.66. The van der Waals surface area contributed by atoms with Gasteiger partial charge in [-0.2, -0.15) is 4.52 Å². The maximum absolute atomic E-state index is 11.3. The van der Waals surface area contributed by atoms with Crippen molar-refractivity contribution in [1.29, 1.82) is 0 Å². The highest BCUT2D eigenvalue weighted by molar-refractivity contribution is 7.20. The molecule has 2 aromatic heterocycles. The van der Waals surface area contributed by atoms with Crippen LogP contribution in [0.1, 0.15) is 13.8 Å². The van der Waals surface area contributed by atoms with Crippen molar-refractivity contribution in [2.24, 2.45) is 0 Å². The summed E-state index contributed by atoms with van der Waals surface area (Å²) < 4.78 is 1.30. The van der Waals surface area contributed by atoms with E-state index in [9.17, 15) is 4.79 Å². The normalized spacial score (nSPS) is 11.1. The largest absolute Gasteiger partial charge is 0.358 e. The molecule has 0 aromatic carbocycles. The van der Waals surface area contributed by atoms with Crippen LogP contribution in [-0.2, 0) is 0 Å². The predicted octanol–water partition coefficient (Wildman–Crippen LogP) is 0.971. The van der Waals surface area contributed by atoms with Crippen molar-refractivity contribution in [3.63, 3.8) is 0 Å². The second-order valence-corrected chi connectivity index (χ2v) is 4.14. The smallest absolute Gasteiger partial charge is 0.275 e. The van der Waals surface area contributed by atoms with Crippen molar-refractivity contribution in [3.8, 4) is 0 Å². The van der Waals surface area contributed by atoms with Crippen molar-refractivity contribution in [3.05, 3.63) is 22.6 Å². The third-order valence-corrected chi connectivity index (χ3v) is 2.44. The molecule has 0 aliphatic carbocycles. The topological polar surface area (TPSA) is 59.3 Å². The highest BCUT2D eigenvalue weighted by Crippen LogP contribution is 2.16. The Morgan fingerprint density at radius 3 is 3.00 bits per heavy atom. The van der Waals surface area contributed by atoms with Gasteiger partial charge in [0, 0.05) is 18.3 Å². The fraction of sp³-hybridized carbons (Fsp3) is 0.375. The number of nitrogens with one attached hydrogen (secondary N) is 1. The zero-order valence-corrected chi connectivity index (χ0v) is 8.71. The molecule has 2 aromatic rings. The quantitative estimate of drug-likeness (QED) is 0.802. The van der Waals surface area contributed by atoms with Gasteiger partial charge in [-0.1, -0.05) is 11.3 Å². The third-order valence-electron chi connectivity index (χ3n) is 1.58. The first-order valence-electron chi connectivity index (χ1n) is 4.28. The summed E-state index contributed by atoms with van der Waals surface area (Å²) in [4.78, 5) is 16.0. The molecule has 0 fully saturated rings. The zero-order valence-electron chi connectivity index (χ0n) is 7.89. The van der Waals surface area contributed by atoms with E-state index in [0.29, 0.717) is 11.0 Å². The number of nitrogens with zero attached hydrogens (tertiary/aromatic N) is 3. The summed E-state index contributed by atoms with van der Waals surface area (Å²) in [5.74, 6) is 0. The summed E-state index contributed by atoms with van der Waals surface area (Å²) in [5, 5.41) is 7.95. The average molecular weight is 210 g/mol. The van der Waals surface area contributed by atoms with E-state index in [2.05, 4.69) is 15.4 Å². The second-order valence-electron chi connectivity index (χ2n) is 3.18. The summed E-state index contributed by atoms with van der Waals surface area (Å²) in [6, 6.07) is 1.69. The Balaban J connectivity index is 2.52. The van der Waals surface area contributed by atoms with E-state index in [4.69, 9.17) is 0 Å². The van der Waals surface area contributed by atoms with E-state index >= 15 is 0 Å². The highest BCUT2D eigenvalue weighted by Gasteiger charge is 2.05. The number of anilines is 1. The highest BCUT2D eigenvalue weighted by atomic mass is 32.1. The first-order valence-corrected chi connectivity index (χ1v) is 5.10. The molecule has 2 heterocycles. The molecule has 0 spiro atoms. The minimum Gasteiger partial charge on any atom is -0.358 e. The Morgan fingerprint density at radius 2 is 2.36 bits per heavy atom. The summed E-state index contributed by atoms with van der Waals surface area (Å²) in [6.45, 7) is 4.03. The van der Waals surface area contributed by atoms with Crippen LogP contribution in [0.4, 0.5) is 5.13 Å². The van der Waals surface area contributed by atoms with Crippen LogP contribution < -0.4 is 10.9 Å². The van der Waals surface area contributed by atoms with Gasteiger partial charge in [0.1, 0.15) is 0 Å². The third kappa shape index (κ3) is 1.60.